The van der Waals surface area contributed by atoms with Crippen molar-refractivity contribution in [2.45, 2.75) is 32.3 Å². The molecule has 1 atom stereocenters. The molecule has 0 saturated carbocycles. The molecule has 90 valence electrons. The molecule has 1 unspecified atom stereocenters. The molecule has 1 saturated heterocycles. The summed E-state index contributed by atoms with van der Waals surface area (Å²) in [5.41, 5.74) is 2.17. The van der Waals surface area contributed by atoms with Crippen LogP contribution < -0.4 is 10.1 Å². The summed E-state index contributed by atoms with van der Waals surface area (Å²) in [5.74, 6) is 0.945. The Balaban J connectivity index is 2.03. The molecule has 1 aromatic carbocycles. The van der Waals surface area contributed by atoms with Gasteiger partial charge in [0.1, 0.15) is 11.9 Å². The van der Waals surface area contributed by atoms with Crippen molar-refractivity contribution in [3.05, 3.63) is 29.3 Å². The summed E-state index contributed by atoms with van der Waals surface area (Å²) in [6.45, 7) is 4.06. The first-order chi connectivity index (χ1) is 8.29. The van der Waals surface area contributed by atoms with Crippen LogP contribution in [0.15, 0.2) is 18.2 Å². The van der Waals surface area contributed by atoms with Crippen LogP contribution in [0.1, 0.15) is 24.0 Å². The van der Waals surface area contributed by atoms with Crippen LogP contribution in [0.4, 0.5) is 0 Å². The van der Waals surface area contributed by atoms with Gasteiger partial charge in [0.05, 0.1) is 12.5 Å². The maximum atomic E-state index is 8.65. The van der Waals surface area contributed by atoms with Crippen LogP contribution in [0.5, 0.6) is 5.75 Å². The van der Waals surface area contributed by atoms with E-state index < -0.39 is 0 Å². The van der Waals surface area contributed by atoms with Crippen molar-refractivity contribution < 1.29 is 4.74 Å². The van der Waals surface area contributed by atoms with Gasteiger partial charge in [-0.1, -0.05) is 12.1 Å². The van der Waals surface area contributed by atoms with Gasteiger partial charge in [0.2, 0.25) is 0 Å². The zero-order valence-electron chi connectivity index (χ0n) is 10.2. The molecule has 1 aliphatic rings. The number of benzene rings is 1. The topological polar surface area (TPSA) is 45.0 Å². The Morgan fingerprint density at radius 1 is 1.53 bits per heavy atom. The fourth-order valence-electron chi connectivity index (χ4n) is 2.14. The van der Waals surface area contributed by atoms with Crippen molar-refractivity contribution >= 4 is 0 Å². The van der Waals surface area contributed by atoms with E-state index >= 15 is 0 Å². The van der Waals surface area contributed by atoms with Crippen molar-refractivity contribution in [3.8, 4) is 11.8 Å². The number of hydrogen-bond acceptors (Lipinski definition) is 3. The predicted molar refractivity (Wildman–Crippen MR) is 67.0 cm³/mol. The molecular weight excluding hydrogens is 212 g/mol. The summed E-state index contributed by atoms with van der Waals surface area (Å²) in [4.78, 5) is 0. The van der Waals surface area contributed by atoms with E-state index in [0.29, 0.717) is 6.42 Å². The van der Waals surface area contributed by atoms with Gasteiger partial charge in [-0.05, 0) is 43.5 Å². The van der Waals surface area contributed by atoms with E-state index in [1.807, 2.05) is 25.1 Å². The minimum Gasteiger partial charge on any atom is -0.489 e. The summed E-state index contributed by atoms with van der Waals surface area (Å²) in [7, 11) is 0. The molecule has 0 amide bonds. The normalized spacial score (nSPS) is 19.6. The monoisotopic (exact) mass is 230 g/mol. The summed E-state index contributed by atoms with van der Waals surface area (Å²) < 4.78 is 5.97. The largest absolute Gasteiger partial charge is 0.489 e. The molecule has 0 aliphatic carbocycles. The zero-order valence-corrected chi connectivity index (χ0v) is 10.2. The number of nitrogens with one attached hydrogen (secondary N) is 1. The Hall–Kier alpha value is -1.53. The number of aryl methyl sites for hydroxylation is 1. The molecule has 0 spiro atoms. The fraction of sp³-hybridized carbons (Fsp3) is 0.500. The number of hydrogen-bond donors (Lipinski definition) is 1. The van der Waals surface area contributed by atoms with Crippen molar-refractivity contribution in [1.82, 2.24) is 5.32 Å². The highest BCUT2D eigenvalue weighted by atomic mass is 16.5. The van der Waals surface area contributed by atoms with Crippen molar-refractivity contribution in [2.75, 3.05) is 13.1 Å². The van der Waals surface area contributed by atoms with Crippen LogP contribution in [0.25, 0.3) is 0 Å². The second-order valence-corrected chi connectivity index (χ2v) is 4.52. The molecule has 1 fully saturated rings. The molecule has 1 aromatic rings. The molecule has 17 heavy (non-hydrogen) atoms. The predicted octanol–water partition coefficient (Wildman–Crippen LogP) is 2.19. The number of nitriles is 1. The van der Waals surface area contributed by atoms with E-state index in [1.54, 1.807) is 0 Å². The maximum Gasteiger partial charge on any atom is 0.122 e. The third kappa shape index (κ3) is 3.21. The Morgan fingerprint density at radius 3 is 3.06 bits per heavy atom. The zero-order chi connectivity index (χ0) is 12.1. The number of rotatable bonds is 3. The minimum absolute atomic E-state index is 0.282. The lowest BCUT2D eigenvalue weighted by atomic mass is 10.1. The molecule has 3 heteroatoms. The number of piperidine rings is 1. The van der Waals surface area contributed by atoms with E-state index in [1.165, 1.54) is 6.42 Å². The first-order valence-corrected chi connectivity index (χ1v) is 6.13. The minimum atomic E-state index is 0.282. The molecule has 3 nitrogen and oxygen atoms in total. The van der Waals surface area contributed by atoms with Crippen LogP contribution in [-0.2, 0) is 6.42 Å². The van der Waals surface area contributed by atoms with Crippen LogP contribution in [0.3, 0.4) is 0 Å². The van der Waals surface area contributed by atoms with Gasteiger partial charge < -0.3 is 10.1 Å². The Morgan fingerprint density at radius 2 is 2.41 bits per heavy atom. The van der Waals surface area contributed by atoms with Gasteiger partial charge in [-0.3, -0.25) is 0 Å². The average Bonchev–Trinajstić information content (AvgIpc) is 2.34. The SMILES string of the molecule is Cc1cc(CC#N)ccc1OC1CCCNC1. The van der Waals surface area contributed by atoms with Crippen LogP contribution in [0, 0.1) is 18.3 Å². The van der Waals surface area contributed by atoms with Crippen LogP contribution >= 0.6 is 0 Å². The smallest absolute Gasteiger partial charge is 0.122 e. The highest BCUT2D eigenvalue weighted by Gasteiger charge is 2.15. The summed E-state index contributed by atoms with van der Waals surface area (Å²) >= 11 is 0. The number of nitrogens with zero attached hydrogens (tertiary/aromatic N) is 1. The van der Waals surface area contributed by atoms with Crippen molar-refractivity contribution in [2.24, 2.45) is 0 Å². The third-order valence-corrected chi connectivity index (χ3v) is 3.07. The first-order valence-electron chi connectivity index (χ1n) is 6.13. The molecular formula is C14H18N2O. The van der Waals surface area contributed by atoms with Crippen molar-refractivity contribution in [1.29, 1.82) is 5.26 Å². The lowest BCUT2D eigenvalue weighted by Crippen LogP contribution is -2.37. The van der Waals surface area contributed by atoms with Gasteiger partial charge in [-0.2, -0.15) is 5.26 Å². The van der Waals surface area contributed by atoms with Crippen LogP contribution in [0.2, 0.25) is 0 Å². The van der Waals surface area contributed by atoms with Gasteiger partial charge in [-0.15, -0.1) is 0 Å². The summed E-state index contributed by atoms with van der Waals surface area (Å²) in [5, 5.41) is 12.0. The Labute approximate surface area is 102 Å². The Kier molecular flexibility index (Phi) is 4.00. The van der Waals surface area contributed by atoms with Crippen LogP contribution in [-0.4, -0.2) is 19.2 Å². The molecule has 1 heterocycles. The lowest BCUT2D eigenvalue weighted by molar-refractivity contribution is 0.166. The van der Waals surface area contributed by atoms with Gasteiger partial charge in [0.15, 0.2) is 0 Å². The number of ether oxygens (including phenoxy) is 1. The summed E-state index contributed by atoms with van der Waals surface area (Å²) in [6.07, 6.45) is 3.04. The quantitative estimate of drug-likeness (QED) is 0.865. The third-order valence-electron chi connectivity index (χ3n) is 3.07. The highest BCUT2D eigenvalue weighted by Crippen LogP contribution is 2.22. The van der Waals surface area contributed by atoms with E-state index in [0.717, 1.165) is 36.4 Å². The maximum absolute atomic E-state index is 8.65. The van der Waals surface area contributed by atoms with Gasteiger partial charge in [-0.25, -0.2) is 0 Å². The van der Waals surface area contributed by atoms with Gasteiger partial charge in [0, 0.05) is 6.54 Å². The molecule has 0 aromatic heterocycles. The van der Waals surface area contributed by atoms with E-state index in [9.17, 15) is 0 Å². The molecule has 2 rings (SSSR count). The molecule has 0 radical (unpaired) electrons. The van der Waals surface area contributed by atoms with Gasteiger partial charge >= 0.3 is 0 Å². The van der Waals surface area contributed by atoms with E-state index in [-0.39, 0.29) is 6.10 Å². The van der Waals surface area contributed by atoms with Gasteiger partial charge in [0.25, 0.3) is 0 Å². The van der Waals surface area contributed by atoms with Crippen molar-refractivity contribution in [3.63, 3.8) is 0 Å². The second kappa shape index (κ2) is 5.70. The Bertz CT molecular complexity index is 417. The second-order valence-electron chi connectivity index (χ2n) is 4.52. The molecule has 1 aliphatic heterocycles. The standard InChI is InChI=1S/C14H18N2O/c1-11-9-12(6-7-15)4-5-14(11)17-13-3-2-8-16-10-13/h4-5,9,13,16H,2-3,6,8,10H2,1H3. The first kappa shape index (κ1) is 11.9. The molecule has 0 bridgehead atoms. The average molecular weight is 230 g/mol. The lowest BCUT2D eigenvalue weighted by Gasteiger charge is -2.24. The van der Waals surface area contributed by atoms with E-state index in [4.69, 9.17) is 10.00 Å². The van der Waals surface area contributed by atoms with E-state index in [2.05, 4.69) is 11.4 Å². The highest BCUT2D eigenvalue weighted by molar-refractivity contribution is 5.37. The molecule has 1 N–H and O–H groups in total. The summed E-state index contributed by atoms with van der Waals surface area (Å²) in [6, 6.07) is 8.15. The fourth-order valence-corrected chi connectivity index (χ4v) is 2.14.